The molecule has 3 fully saturated rings. The summed E-state index contributed by atoms with van der Waals surface area (Å²) in [5.74, 6) is -3.69. The van der Waals surface area contributed by atoms with Gasteiger partial charge in [-0.2, -0.15) is 13.4 Å². The number of rotatable bonds is 7. The van der Waals surface area contributed by atoms with Crippen LogP contribution in [0.4, 0.5) is 12.7 Å². The molecule has 0 unspecified atom stereocenters. The van der Waals surface area contributed by atoms with E-state index < -0.39 is 33.8 Å². The molecular formula is C24H22F3N3O6S. The predicted octanol–water partition coefficient (Wildman–Crippen LogP) is 4.34. The molecule has 3 saturated carbocycles. The largest absolute Gasteiger partial charge is 0.503 e. The lowest BCUT2D eigenvalue weighted by atomic mass is 9.53. The Morgan fingerprint density at radius 2 is 1.73 bits per heavy atom. The normalized spacial score (nSPS) is 23.1. The topological polar surface area (TPSA) is 132 Å². The van der Waals surface area contributed by atoms with Crippen molar-refractivity contribution in [2.24, 2.45) is 5.41 Å². The molecule has 3 aliphatic carbocycles. The number of nitrogens with one attached hydrogen (secondary N) is 1. The van der Waals surface area contributed by atoms with E-state index in [0.717, 1.165) is 50.7 Å². The first-order chi connectivity index (χ1) is 17.5. The third-order valence-corrected chi connectivity index (χ3v) is 7.87. The number of nitrogens with zero attached hydrogens (tertiary/aromatic N) is 2. The molecule has 13 heteroatoms. The zero-order valence-corrected chi connectivity index (χ0v) is 20.2. The zero-order chi connectivity index (χ0) is 26.4. The van der Waals surface area contributed by atoms with Crippen molar-refractivity contribution in [1.29, 1.82) is 0 Å². The van der Waals surface area contributed by atoms with Crippen molar-refractivity contribution in [3.8, 4) is 23.0 Å². The number of carbonyl (C=O) groups excluding carboxylic acids is 1. The van der Waals surface area contributed by atoms with Gasteiger partial charge in [-0.1, -0.05) is 15.1 Å². The van der Waals surface area contributed by atoms with Crippen LogP contribution in [0.5, 0.6) is 11.5 Å². The summed E-state index contributed by atoms with van der Waals surface area (Å²) >= 11 is 0. The van der Waals surface area contributed by atoms with Crippen molar-refractivity contribution in [3.05, 3.63) is 59.4 Å². The Labute approximate surface area is 210 Å². The molecule has 2 bridgehead atoms. The van der Waals surface area contributed by atoms with Gasteiger partial charge in [0.05, 0.1) is 0 Å². The number of phenols is 1. The van der Waals surface area contributed by atoms with Gasteiger partial charge in [0, 0.05) is 23.1 Å². The molecule has 3 aromatic rings. The molecule has 0 aliphatic heterocycles. The Morgan fingerprint density at radius 3 is 2.35 bits per heavy atom. The number of hydrogen-bond acceptors (Lipinski definition) is 8. The van der Waals surface area contributed by atoms with Gasteiger partial charge in [-0.25, -0.2) is 8.78 Å². The van der Waals surface area contributed by atoms with E-state index in [0.29, 0.717) is 17.9 Å². The first kappa shape index (κ1) is 25.1. The average molecular weight is 538 g/mol. The fourth-order valence-corrected chi connectivity index (χ4v) is 5.62. The smallest absolute Gasteiger partial charge is 0.488 e. The van der Waals surface area contributed by atoms with Crippen molar-refractivity contribution >= 4 is 16.4 Å². The van der Waals surface area contributed by atoms with Crippen LogP contribution in [0.15, 0.2) is 40.9 Å². The van der Waals surface area contributed by atoms with E-state index in [1.54, 1.807) is 6.07 Å². The van der Waals surface area contributed by atoms with Gasteiger partial charge in [0.1, 0.15) is 5.75 Å². The van der Waals surface area contributed by atoms with Crippen LogP contribution in [-0.4, -0.2) is 36.1 Å². The molecule has 9 nitrogen and oxygen atoms in total. The second-order valence-electron chi connectivity index (χ2n) is 9.68. The molecule has 1 heterocycles. The van der Waals surface area contributed by atoms with E-state index in [1.807, 2.05) is 0 Å². The van der Waals surface area contributed by atoms with Gasteiger partial charge in [-0.05, 0) is 74.3 Å². The molecule has 2 N–H and O–H groups in total. The fourth-order valence-electron chi connectivity index (χ4n) is 5.28. The highest BCUT2D eigenvalue weighted by molar-refractivity contribution is 7.81. The van der Waals surface area contributed by atoms with Crippen LogP contribution < -0.4 is 9.50 Å². The van der Waals surface area contributed by atoms with E-state index in [4.69, 9.17) is 4.52 Å². The maximum atomic E-state index is 13.6. The van der Waals surface area contributed by atoms with Crippen molar-refractivity contribution < 1.29 is 39.7 Å². The highest BCUT2D eigenvalue weighted by atomic mass is 32.3. The number of carbonyl (C=O) groups is 1. The van der Waals surface area contributed by atoms with E-state index in [1.165, 1.54) is 18.2 Å². The third-order valence-electron chi connectivity index (χ3n) is 7.48. The summed E-state index contributed by atoms with van der Waals surface area (Å²) in [7, 11) is -5.17. The van der Waals surface area contributed by atoms with E-state index in [-0.39, 0.29) is 28.0 Å². The molecule has 0 spiro atoms. The van der Waals surface area contributed by atoms with Gasteiger partial charge in [0.15, 0.2) is 23.2 Å². The average Bonchev–Trinajstić information content (AvgIpc) is 3.37. The quantitative estimate of drug-likeness (QED) is 0.426. The number of amides is 1. The number of halogens is 3. The van der Waals surface area contributed by atoms with E-state index >= 15 is 0 Å². The minimum absolute atomic E-state index is 0.147. The van der Waals surface area contributed by atoms with Crippen molar-refractivity contribution in [2.45, 2.75) is 43.9 Å². The first-order valence-electron chi connectivity index (χ1n) is 11.5. The second kappa shape index (κ2) is 9.05. The minimum Gasteiger partial charge on any atom is -0.503 e. The predicted molar refractivity (Wildman–Crippen MR) is 123 cm³/mol. The maximum absolute atomic E-state index is 13.6. The van der Waals surface area contributed by atoms with E-state index in [2.05, 4.69) is 19.6 Å². The standard InChI is InChI=1S/C24H22F3N3O6S/c25-17-11-15(12-18(26)19(17)31)20(32)28-13-23-4-7-24(8-5-23,9-6-23)22-29-21(35-30-22)14-2-1-3-16(10-14)36-37(27,33)34/h1-3,10-12,31H,4-9,13H2,(H,28,32)/t23-,24+. The number of fused-ring (bicyclic) bond motifs is 3. The zero-order valence-electron chi connectivity index (χ0n) is 19.3. The summed E-state index contributed by atoms with van der Waals surface area (Å²) in [4.78, 5) is 17.0. The van der Waals surface area contributed by atoms with Gasteiger partial charge in [-0.15, -0.1) is 0 Å². The monoisotopic (exact) mass is 537 g/mol. The van der Waals surface area contributed by atoms with Crippen LogP contribution >= 0.6 is 0 Å². The summed E-state index contributed by atoms with van der Waals surface area (Å²) < 4.78 is 71.3. The molecule has 0 atom stereocenters. The molecule has 3 aliphatic rings. The number of aromatic nitrogens is 2. The molecule has 37 heavy (non-hydrogen) atoms. The lowest BCUT2D eigenvalue weighted by molar-refractivity contribution is 0.0335. The molecule has 1 amide bonds. The SMILES string of the molecule is O=C(NC[C@]12CC[C@](c3noc(-c4cccc(OS(=O)(=O)F)c4)n3)(CC1)CC2)c1cc(F)c(O)c(F)c1. The Morgan fingerprint density at radius 1 is 1.08 bits per heavy atom. The van der Waals surface area contributed by atoms with Crippen LogP contribution in [0.3, 0.4) is 0 Å². The van der Waals surface area contributed by atoms with E-state index in [9.17, 15) is 31.0 Å². The van der Waals surface area contributed by atoms with Crippen LogP contribution in [0, 0.1) is 17.0 Å². The number of hydrogen-bond donors (Lipinski definition) is 2. The molecule has 2 aromatic carbocycles. The minimum atomic E-state index is -5.17. The van der Waals surface area contributed by atoms with Crippen LogP contribution in [-0.2, 0) is 15.9 Å². The second-order valence-corrected chi connectivity index (χ2v) is 10.6. The van der Waals surface area contributed by atoms with Crippen LogP contribution in [0.25, 0.3) is 11.5 Å². The van der Waals surface area contributed by atoms with Crippen molar-refractivity contribution in [3.63, 3.8) is 0 Å². The van der Waals surface area contributed by atoms with Crippen LogP contribution in [0.2, 0.25) is 0 Å². The van der Waals surface area contributed by atoms with Crippen molar-refractivity contribution in [1.82, 2.24) is 15.5 Å². The number of aromatic hydroxyl groups is 1. The van der Waals surface area contributed by atoms with Gasteiger partial charge in [-0.3, -0.25) is 4.79 Å². The molecule has 6 rings (SSSR count). The maximum Gasteiger partial charge on any atom is 0.488 e. The highest BCUT2D eigenvalue weighted by Gasteiger charge is 2.51. The summed E-state index contributed by atoms with van der Waals surface area (Å²) in [6.07, 6.45) is 4.54. The van der Waals surface area contributed by atoms with Gasteiger partial charge >= 0.3 is 10.5 Å². The Bertz CT molecular complexity index is 1430. The fraction of sp³-hybridized carbons (Fsp3) is 0.375. The Kier molecular flexibility index (Phi) is 6.13. The number of phenolic OH excluding ortho intramolecular Hbond substituents is 1. The lowest BCUT2D eigenvalue weighted by Crippen LogP contribution is -2.49. The van der Waals surface area contributed by atoms with Crippen LogP contribution in [0.1, 0.15) is 54.7 Å². The lowest BCUT2D eigenvalue weighted by Gasteiger charge is -2.52. The first-order valence-corrected chi connectivity index (χ1v) is 12.8. The van der Waals surface area contributed by atoms with Gasteiger partial charge in [0.2, 0.25) is 0 Å². The number of benzene rings is 2. The highest BCUT2D eigenvalue weighted by Crippen LogP contribution is 2.57. The van der Waals surface area contributed by atoms with Gasteiger partial charge < -0.3 is 19.1 Å². The third kappa shape index (κ3) is 4.99. The summed E-state index contributed by atoms with van der Waals surface area (Å²) in [5.41, 5.74) is -0.306. The Balaban J connectivity index is 1.24. The summed E-state index contributed by atoms with van der Waals surface area (Å²) in [5, 5.41) is 16.2. The van der Waals surface area contributed by atoms with Gasteiger partial charge in [0.25, 0.3) is 11.8 Å². The molecule has 0 saturated heterocycles. The summed E-state index contributed by atoms with van der Waals surface area (Å²) in [6.45, 7) is 0.341. The Hall–Kier alpha value is -3.61. The molecule has 0 radical (unpaired) electrons. The molecular weight excluding hydrogens is 515 g/mol. The summed E-state index contributed by atoms with van der Waals surface area (Å²) in [6, 6.07) is 7.24. The molecule has 1 aromatic heterocycles. The van der Waals surface area contributed by atoms with Crippen molar-refractivity contribution in [2.75, 3.05) is 6.54 Å². The molecule has 196 valence electrons.